The van der Waals surface area contributed by atoms with Crippen LogP contribution >= 0.6 is 0 Å². The second kappa shape index (κ2) is 14.3. The van der Waals surface area contributed by atoms with E-state index in [2.05, 4.69) is 4.74 Å². The minimum atomic E-state index is -8.70. The van der Waals surface area contributed by atoms with Crippen molar-refractivity contribution in [1.29, 1.82) is 0 Å². The molecular weight excluding hydrogens is 685 g/mol. The molecule has 0 unspecified atom stereocenters. The normalized spacial score (nSPS) is 15.0. The maximum atomic E-state index is 13.9. The largest absolute Gasteiger partial charge is 0.500 e. The van der Waals surface area contributed by atoms with Gasteiger partial charge in [0.15, 0.2) is 0 Å². The van der Waals surface area contributed by atoms with Crippen molar-refractivity contribution in [2.45, 2.75) is 87.3 Å². The summed E-state index contributed by atoms with van der Waals surface area (Å²) < 4.78 is 246. The summed E-state index contributed by atoms with van der Waals surface area (Å²) >= 11 is 0. The van der Waals surface area contributed by atoms with Crippen LogP contribution in [0.2, 0.25) is 6.04 Å². The molecule has 0 atom stereocenters. The van der Waals surface area contributed by atoms with Crippen LogP contribution in [0.25, 0.3) is 0 Å². The summed E-state index contributed by atoms with van der Waals surface area (Å²) in [6.45, 7) is 2.91. The molecule has 0 rings (SSSR count). The number of ether oxygens (including phenoxy) is 1. The van der Waals surface area contributed by atoms with Gasteiger partial charge in [0.05, 0.1) is 13.0 Å². The first kappa shape index (κ1) is 42.2. The summed E-state index contributed by atoms with van der Waals surface area (Å²) in [4.78, 5) is 11.6. The molecule has 44 heavy (non-hydrogen) atoms. The van der Waals surface area contributed by atoms with E-state index in [4.69, 9.17) is 13.3 Å². The second-order valence-corrected chi connectivity index (χ2v) is 11.3. The Morgan fingerprint density at radius 3 is 1.32 bits per heavy atom. The van der Waals surface area contributed by atoms with Gasteiger partial charge in [0, 0.05) is 32.4 Å². The molecule has 0 aromatic rings. The van der Waals surface area contributed by atoms with Crippen LogP contribution in [0.15, 0.2) is 0 Å². The van der Waals surface area contributed by atoms with E-state index in [0.717, 1.165) is 0 Å². The van der Waals surface area contributed by atoms with E-state index in [-0.39, 0.29) is 38.8 Å². The molecule has 0 aliphatic heterocycles. The van der Waals surface area contributed by atoms with Gasteiger partial charge < -0.3 is 23.3 Å². The van der Waals surface area contributed by atoms with Crippen molar-refractivity contribution in [3.8, 4) is 0 Å². The zero-order valence-corrected chi connectivity index (χ0v) is 23.6. The molecule has 24 heteroatoms. The van der Waals surface area contributed by atoms with Crippen LogP contribution < -0.4 is 5.32 Å². The fourth-order valence-electron chi connectivity index (χ4n) is 3.17. The number of carbonyl (C=O) groups is 1. The van der Waals surface area contributed by atoms with Crippen molar-refractivity contribution in [3.05, 3.63) is 0 Å². The third kappa shape index (κ3) is 7.93. The Morgan fingerprint density at radius 2 is 0.955 bits per heavy atom. The van der Waals surface area contributed by atoms with Gasteiger partial charge in [-0.2, -0.15) is 74.6 Å². The Bertz CT molecular complexity index is 916. The molecular formula is C20H26F17NO5Si. The van der Waals surface area contributed by atoms with E-state index in [1.54, 1.807) is 20.8 Å². The Balaban J connectivity index is 5.62. The molecule has 0 radical (unpaired) electrons. The number of hydrogen-bond donors (Lipinski definition) is 1. The quantitative estimate of drug-likeness (QED) is 0.0853. The average molecular weight is 711 g/mol. The molecule has 264 valence electrons. The lowest BCUT2D eigenvalue weighted by Gasteiger charge is -2.42. The fraction of sp³-hybridized carbons (Fsp3) is 0.950. The van der Waals surface area contributed by atoms with Gasteiger partial charge in [0.2, 0.25) is 0 Å². The number of alkyl halides is 17. The zero-order chi connectivity index (χ0) is 35.3. The summed E-state index contributed by atoms with van der Waals surface area (Å²) in [5.41, 5.74) is 0. The van der Waals surface area contributed by atoms with Gasteiger partial charge in [0.1, 0.15) is 0 Å². The highest BCUT2D eigenvalue weighted by Gasteiger charge is 2.95. The predicted octanol–water partition coefficient (Wildman–Crippen LogP) is 7.55. The Kier molecular flexibility index (Phi) is 13.7. The Hall–Kier alpha value is -1.82. The van der Waals surface area contributed by atoms with Crippen molar-refractivity contribution >= 4 is 14.9 Å². The number of alkyl carbamates (subject to hydrolysis) is 1. The molecule has 0 heterocycles. The SMILES string of the molecule is CCO[Si](CCCNC(=O)OCCC(F)(F)C(F)(F)C(F)(F)C(F)(F)C(F)(F)C(F)(F)C(F)(F)C(F)(F)F)(OCC)OCC. The number of hydrogen-bond acceptors (Lipinski definition) is 5. The average Bonchev–Trinajstić information content (AvgIpc) is 2.85. The molecule has 0 fully saturated rings. The molecule has 0 bridgehead atoms. The lowest BCUT2D eigenvalue weighted by Crippen LogP contribution is -2.74. The van der Waals surface area contributed by atoms with Gasteiger partial charge >= 0.3 is 62.5 Å². The number of nitrogens with one attached hydrogen (secondary N) is 1. The molecule has 0 aromatic heterocycles. The van der Waals surface area contributed by atoms with E-state index >= 15 is 0 Å². The summed E-state index contributed by atoms with van der Waals surface area (Å²) in [7, 11) is -3.22. The Labute approximate surface area is 238 Å². The maximum Gasteiger partial charge on any atom is 0.500 e. The van der Waals surface area contributed by atoms with E-state index in [0.29, 0.717) is 0 Å². The van der Waals surface area contributed by atoms with Crippen molar-refractivity contribution in [3.63, 3.8) is 0 Å². The van der Waals surface area contributed by atoms with Crippen LogP contribution in [-0.4, -0.2) is 95.5 Å². The highest BCUT2D eigenvalue weighted by atomic mass is 28.4. The molecule has 0 aliphatic carbocycles. The van der Waals surface area contributed by atoms with Crippen LogP contribution in [0.3, 0.4) is 0 Å². The summed E-state index contributed by atoms with van der Waals surface area (Å²) in [5, 5.41) is 1.87. The molecule has 0 saturated heterocycles. The summed E-state index contributed by atoms with van der Waals surface area (Å²) in [6, 6.07) is 0.0645. The van der Waals surface area contributed by atoms with Crippen molar-refractivity contribution in [2.75, 3.05) is 33.0 Å². The monoisotopic (exact) mass is 711 g/mol. The molecule has 0 aromatic carbocycles. The minimum Gasteiger partial charge on any atom is -0.449 e. The lowest BCUT2D eigenvalue weighted by molar-refractivity contribution is -0.461. The van der Waals surface area contributed by atoms with E-state index < -0.39 is 75.6 Å². The second-order valence-electron chi connectivity index (χ2n) is 8.55. The van der Waals surface area contributed by atoms with E-state index in [1.807, 2.05) is 5.32 Å². The molecule has 1 N–H and O–H groups in total. The molecule has 0 aliphatic rings. The summed E-state index contributed by atoms with van der Waals surface area (Å²) in [6.07, 6.45) is -12.4. The van der Waals surface area contributed by atoms with Crippen molar-refractivity contribution in [2.24, 2.45) is 0 Å². The number of carbonyl (C=O) groups excluding carboxylic acids is 1. The van der Waals surface area contributed by atoms with Gasteiger partial charge in [0.25, 0.3) is 0 Å². The third-order valence-corrected chi connectivity index (χ3v) is 8.61. The molecule has 6 nitrogen and oxygen atoms in total. The first-order valence-electron chi connectivity index (χ1n) is 12.1. The zero-order valence-electron chi connectivity index (χ0n) is 22.6. The van der Waals surface area contributed by atoms with Gasteiger partial charge in [-0.25, -0.2) is 4.79 Å². The third-order valence-electron chi connectivity index (χ3n) is 5.46. The highest BCUT2D eigenvalue weighted by molar-refractivity contribution is 6.60. The van der Waals surface area contributed by atoms with Crippen LogP contribution in [0, 0.1) is 0 Å². The van der Waals surface area contributed by atoms with Gasteiger partial charge in [-0.1, -0.05) is 0 Å². The number of rotatable bonds is 19. The fourth-order valence-corrected chi connectivity index (χ4v) is 5.79. The van der Waals surface area contributed by atoms with Gasteiger partial charge in [-0.15, -0.1) is 0 Å². The Morgan fingerprint density at radius 1 is 0.591 bits per heavy atom. The number of halogens is 17. The number of amides is 1. The van der Waals surface area contributed by atoms with Crippen LogP contribution in [0.1, 0.15) is 33.6 Å². The molecule has 0 saturated carbocycles. The highest BCUT2D eigenvalue weighted by Crippen LogP contribution is 2.64. The molecule has 1 amide bonds. The van der Waals surface area contributed by atoms with Crippen LogP contribution in [0.4, 0.5) is 79.4 Å². The standard InChI is InChI=1S/C20H26F17NO5Si/c1-4-41-44(42-5-2,43-6-3)11-7-9-38-12(39)40-10-8-13(21,22)14(23,24)15(25,26)16(27,28)17(29,30)18(31,32)19(33,34)20(35,36)37/h4-11H2,1-3H3,(H,38,39). The lowest BCUT2D eigenvalue weighted by atomic mass is 9.88. The van der Waals surface area contributed by atoms with Crippen molar-refractivity contribution in [1.82, 2.24) is 5.32 Å². The first-order valence-corrected chi connectivity index (χ1v) is 14.0. The van der Waals surface area contributed by atoms with Crippen LogP contribution in [0.5, 0.6) is 0 Å². The topological polar surface area (TPSA) is 66.0 Å². The minimum absolute atomic E-state index is 0.00306. The van der Waals surface area contributed by atoms with Crippen molar-refractivity contribution < 1.29 is 97.4 Å². The summed E-state index contributed by atoms with van der Waals surface area (Å²) in [5.74, 6) is -57.0. The maximum absolute atomic E-state index is 13.9. The molecule has 0 spiro atoms. The van der Waals surface area contributed by atoms with Crippen LogP contribution in [-0.2, 0) is 18.0 Å². The smallest absolute Gasteiger partial charge is 0.449 e. The first-order chi connectivity index (χ1) is 19.5. The van der Waals surface area contributed by atoms with Gasteiger partial charge in [-0.05, 0) is 27.2 Å². The van der Waals surface area contributed by atoms with E-state index in [9.17, 15) is 79.4 Å². The van der Waals surface area contributed by atoms with Gasteiger partial charge in [-0.3, -0.25) is 0 Å². The van der Waals surface area contributed by atoms with E-state index in [1.165, 1.54) is 0 Å². The predicted molar refractivity (Wildman–Crippen MR) is 115 cm³/mol.